The summed E-state index contributed by atoms with van der Waals surface area (Å²) in [7, 11) is 0. The summed E-state index contributed by atoms with van der Waals surface area (Å²) in [5.41, 5.74) is 7.30. The third-order valence-electron chi connectivity index (χ3n) is 3.60. The van der Waals surface area contributed by atoms with Crippen LogP contribution in [0.1, 0.15) is 43.2 Å². The number of aliphatic hydroxyl groups excluding tert-OH is 1. The molecule has 3 N–H and O–H groups in total. The lowest BCUT2D eigenvalue weighted by molar-refractivity contribution is 0.101. The zero-order chi connectivity index (χ0) is 13.5. The Morgan fingerprint density at radius 2 is 2.06 bits per heavy atom. The summed E-state index contributed by atoms with van der Waals surface area (Å²) in [4.78, 5) is 3.72. The average molecular weight is 270 g/mol. The highest BCUT2D eigenvalue weighted by atomic mass is 32.1. The van der Waals surface area contributed by atoms with Crippen LogP contribution in [-0.4, -0.2) is 35.7 Å². The Kier molecular flexibility index (Phi) is 6.86. The van der Waals surface area contributed by atoms with Gasteiger partial charge in [-0.15, -0.1) is 11.3 Å². The van der Waals surface area contributed by atoms with Crippen LogP contribution >= 0.6 is 11.3 Å². The van der Waals surface area contributed by atoms with E-state index < -0.39 is 0 Å². The maximum absolute atomic E-state index is 9.31. The van der Waals surface area contributed by atoms with Crippen LogP contribution in [0, 0.1) is 6.92 Å². The predicted molar refractivity (Wildman–Crippen MR) is 79.0 cm³/mol. The van der Waals surface area contributed by atoms with Crippen LogP contribution in [0.5, 0.6) is 0 Å². The van der Waals surface area contributed by atoms with E-state index in [9.17, 15) is 5.11 Å². The van der Waals surface area contributed by atoms with E-state index in [2.05, 4.69) is 37.1 Å². The van der Waals surface area contributed by atoms with Gasteiger partial charge in [0.2, 0.25) is 0 Å². The summed E-state index contributed by atoms with van der Waals surface area (Å²) in [5.74, 6) is 0. The minimum Gasteiger partial charge on any atom is -0.395 e. The molecule has 0 radical (unpaired) electrons. The van der Waals surface area contributed by atoms with Gasteiger partial charge in [0.1, 0.15) is 0 Å². The first kappa shape index (κ1) is 15.6. The molecule has 0 aromatic carbocycles. The van der Waals surface area contributed by atoms with Crippen LogP contribution in [0.4, 0.5) is 0 Å². The Morgan fingerprint density at radius 3 is 2.44 bits per heavy atom. The maximum Gasteiger partial charge on any atom is 0.0570 e. The number of hydrogen-bond donors (Lipinski definition) is 2. The van der Waals surface area contributed by atoms with Gasteiger partial charge < -0.3 is 10.8 Å². The first-order valence-corrected chi connectivity index (χ1v) is 7.68. The number of rotatable bonds is 8. The summed E-state index contributed by atoms with van der Waals surface area (Å²) in [6.45, 7) is 8.04. The van der Waals surface area contributed by atoms with Crippen molar-refractivity contribution in [2.24, 2.45) is 5.73 Å². The average Bonchev–Trinajstić information content (AvgIpc) is 2.78. The van der Waals surface area contributed by atoms with Crippen LogP contribution < -0.4 is 5.73 Å². The zero-order valence-electron chi connectivity index (χ0n) is 11.7. The maximum atomic E-state index is 9.31. The number of aliphatic hydroxyl groups is 1. The molecular weight excluding hydrogens is 244 g/mol. The standard InChI is InChI=1S/C14H26N2OS/c1-4-12(5-2)16(7-8-17)13(10-15)14-11(3)6-9-18-14/h6,9,12-13,17H,4-5,7-8,10,15H2,1-3H3. The smallest absolute Gasteiger partial charge is 0.0570 e. The number of hydrogen-bond acceptors (Lipinski definition) is 4. The summed E-state index contributed by atoms with van der Waals surface area (Å²) in [6.07, 6.45) is 2.19. The van der Waals surface area contributed by atoms with Crippen molar-refractivity contribution < 1.29 is 5.11 Å². The molecule has 1 atom stereocenters. The van der Waals surface area contributed by atoms with E-state index in [1.54, 1.807) is 11.3 Å². The second kappa shape index (κ2) is 7.89. The second-order valence-corrected chi connectivity index (χ2v) is 5.60. The van der Waals surface area contributed by atoms with Gasteiger partial charge in [0, 0.05) is 24.0 Å². The molecule has 0 aliphatic heterocycles. The molecule has 3 nitrogen and oxygen atoms in total. The SMILES string of the molecule is CCC(CC)N(CCO)C(CN)c1sccc1C. The monoisotopic (exact) mass is 270 g/mol. The van der Waals surface area contributed by atoms with Crippen molar-refractivity contribution in [1.29, 1.82) is 0 Å². The van der Waals surface area contributed by atoms with Crippen LogP contribution in [-0.2, 0) is 0 Å². The molecule has 0 fully saturated rings. The van der Waals surface area contributed by atoms with Gasteiger partial charge in [-0.2, -0.15) is 0 Å². The molecule has 0 aliphatic rings. The molecule has 0 amide bonds. The third-order valence-corrected chi connectivity index (χ3v) is 4.72. The van der Waals surface area contributed by atoms with Crippen molar-refractivity contribution in [1.82, 2.24) is 4.90 Å². The highest BCUT2D eigenvalue weighted by Gasteiger charge is 2.26. The van der Waals surface area contributed by atoms with E-state index in [1.165, 1.54) is 10.4 Å². The minimum atomic E-state index is 0.192. The zero-order valence-corrected chi connectivity index (χ0v) is 12.5. The molecule has 104 valence electrons. The summed E-state index contributed by atoms with van der Waals surface area (Å²) < 4.78 is 0. The van der Waals surface area contributed by atoms with E-state index in [0.717, 1.165) is 12.8 Å². The fraction of sp³-hybridized carbons (Fsp3) is 0.714. The molecule has 1 rings (SSSR count). The van der Waals surface area contributed by atoms with Crippen molar-refractivity contribution >= 4 is 11.3 Å². The highest BCUT2D eigenvalue weighted by molar-refractivity contribution is 7.10. The molecule has 0 saturated heterocycles. The van der Waals surface area contributed by atoms with E-state index in [0.29, 0.717) is 19.1 Å². The van der Waals surface area contributed by atoms with Crippen molar-refractivity contribution in [2.45, 2.75) is 45.7 Å². The van der Waals surface area contributed by atoms with Gasteiger partial charge in [-0.1, -0.05) is 13.8 Å². The molecule has 18 heavy (non-hydrogen) atoms. The Balaban J connectivity index is 2.97. The lowest BCUT2D eigenvalue weighted by Crippen LogP contribution is -2.42. The van der Waals surface area contributed by atoms with Gasteiger partial charge in [-0.05, 0) is 36.8 Å². The number of aryl methyl sites for hydroxylation is 1. The predicted octanol–water partition coefficient (Wildman–Crippen LogP) is 2.54. The van der Waals surface area contributed by atoms with Crippen molar-refractivity contribution in [3.63, 3.8) is 0 Å². The van der Waals surface area contributed by atoms with E-state index in [-0.39, 0.29) is 12.6 Å². The Bertz CT molecular complexity index is 336. The number of thiophene rings is 1. The Hall–Kier alpha value is -0.420. The Labute approximate surface area is 115 Å². The molecule has 0 saturated carbocycles. The molecule has 0 bridgehead atoms. The van der Waals surface area contributed by atoms with E-state index >= 15 is 0 Å². The molecule has 0 aliphatic carbocycles. The number of nitrogens with two attached hydrogens (primary N) is 1. The van der Waals surface area contributed by atoms with E-state index in [4.69, 9.17) is 5.73 Å². The van der Waals surface area contributed by atoms with Gasteiger partial charge in [-0.3, -0.25) is 4.90 Å². The molecule has 1 unspecified atom stereocenters. The molecule has 4 heteroatoms. The molecular formula is C14H26N2OS. The van der Waals surface area contributed by atoms with E-state index in [1.807, 2.05) is 0 Å². The summed E-state index contributed by atoms with van der Waals surface area (Å²) >= 11 is 1.77. The van der Waals surface area contributed by atoms with Gasteiger partial charge in [0.25, 0.3) is 0 Å². The quantitative estimate of drug-likeness (QED) is 0.763. The first-order valence-electron chi connectivity index (χ1n) is 6.80. The topological polar surface area (TPSA) is 49.5 Å². The van der Waals surface area contributed by atoms with Gasteiger partial charge >= 0.3 is 0 Å². The summed E-state index contributed by atoms with van der Waals surface area (Å²) in [6, 6.07) is 2.88. The molecule has 1 aromatic heterocycles. The highest BCUT2D eigenvalue weighted by Crippen LogP contribution is 2.30. The van der Waals surface area contributed by atoms with Gasteiger partial charge in [0.05, 0.1) is 12.6 Å². The fourth-order valence-corrected chi connectivity index (χ4v) is 3.65. The van der Waals surface area contributed by atoms with Crippen molar-refractivity contribution in [3.8, 4) is 0 Å². The van der Waals surface area contributed by atoms with Crippen LogP contribution in [0.15, 0.2) is 11.4 Å². The van der Waals surface area contributed by atoms with Crippen LogP contribution in [0.3, 0.4) is 0 Å². The van der Waals surface area contributed by atoms with Crippen molar-refractivity contribution in [2.75, 3.05) is 19.7 Å². The molecule has 1 aromatic rings. The number of nitrogens with zero attached hydrogens (tertiary/aromatic N) is 1. The molecule has 1 heterocycles. The largest absolute Gasteiger partial charge is 0.395 e. The van der Waals surface area contributed by atoms with Gasteiger partial charge in [0.15, 0.2) is 0 Å². The van der Waals surface area contributed by atoms with Crippen LogP contribution in [0.25, 0.3) is 0 Å². The first-order chi connectivity index (χ1) is 8.69. The Morgan fingerprint density at radius 1 is 1.39 bits per heavy atom. The van der Waals surface area contributed by atoms with Crippen molar-refractivity contribution in [3.05, 3.63) is 21.9 Å². The second-order valence-electron chi connectivity index (χ2n) is 4.65. The third kappa shape index (κ3) is 3.54. The molecule has 0 spiro atoms. The minimum absolute atomic E-state index is 0.192. The fourth-order valence-electron chi connectivity index (χ4n) is 2.58. The normalized spacial score (nSPS) is 13.5. The van der Waals surface area contributed by atoms with Crippen LogP contribution in [0.2, 0.25) is 0 Å². The lowest BCUT2D eigenvalue weighted by Gasteiger charge is -2.36. The van der Waals surface area contributed by atoms with Gasteiger partial charge in [-0.25, -0.2) is 0 Å². The lowest BCUT2D eigenvalue weighted by atomic mass is 10.0. The summed E-state index contributed by atoms with van der Waals surface area (Å²) in [5, 5.41) is 11.4.